The standard InChI is InChI=1S/C25H39N5O2.HI/c1-3-26-25(27-12-6-17-31-21-24-7-5-18-32-24)28-19-22-8-10-23(11-9-22)20-30-15-13-29(4-2)14-16-30;/h5,7-11,18H,3-4,6,12-17,19-21H2,1-2H3,(H2,26,27,28);1H. The summed E-state index contributed by atoms with van der Waals surface area (Å²) in [5.41, 5.74) is 2.60. The first kappa shape index (κ1) is 27.6. The fourth-order valence-corrected chi connectivity index (χ4v) is 3.73. The second-order valence-corrected chi connectivity index (χ2v) is 8.13. The quantitative estimate of drug-likeness (QED) is 0.176. The Bertz CT molecular complexity index is 775. The minimum Gasteiger partial charge on any atom is -0.467 e. The molecule has 1 aliphatic heterocycles. The second kappa shape index (κ2) is 16.1. The molecule has 1 fully saturated rings. The Morgan fingerprint density at radius 2 is 1.73 bits per heavy atom. The van der Waals surface area contributed by atoms with Crippen molar-refractivity contribution in [2.45, 2.75) is 40.0 Å². The van der Waals surface area contributed by atoms with Gasteiger partial charge < -0.3 is 24.7 Å². The fourth-order valence-electron chi connectivity index (χ4n) is 3.73. The molecule has 2 N–H and O–H groups in total. The number of likely N-dealkylation sites (N-methyl/N-ethyl adjacent to an activating group) is 1. The molecule has 7 nitrogen and oxygen atoms in total. The third-order valence-electron chi connectivity index (χ3n) is 5.69. The van der Waals surface area contributed by atoms with Gasteiger partial charge in [0.1, 0.15) is 12.4 Å². The van der Waals surface area contributed by atoms with Crippen molar-refractivity contribution in [2.75, 3.05) is 52.4 Å². The molecule has 0 radical (unpaired) electrons. The Kier molecular flexibility index (Phi) is 13.5. The van der Waals surface area contributed by atoms with Gasteiger partial charge in [0.2, 0.25) is 0 Å². The van der Waals surface area contributed by atoms with Crippen LogP contribution >= 0.6 is 24.0 Å². The third kappa shape index (κ3) is 10.5. The highest BCUT2D eigenvalue weighted by Gasteiger charge is 2.15. The van der Waals surface area contributed by atoms with Crippen molar-refractivity contribution in [1.82, 2.24) is 20.4 Å². The van der Waals surface area contributed by atoms with Crippen LogP contribution in [-0.2, 0) is 24.4 Å². The first-order valence-electron chi connectivity index (χ1n) is 11.9. The van der Waals surface area contributed by atoms with E-state index in [1.807, 2.05) is 12.1 Å². The average Bonchev–Trinajstić information content (AvgIpc) is 3.34. The number of halogens is 1. The minimum atomic E-state index is 0. The monoisotopic (exact) mass is 569 g/mol. The van der Waals surface area contributed by atoms with Gasteiger partial charge in [-0.25, -0.2) is 4.99 Å². The number of furan rings is 1. The number of hydrogen-bond acceptors (Lipinski definition) is 5. The molecule has 8 heteroatoms. The molecule has 0 saturated carbocycles. The van der Waals surface area contributed by atoms with Crippen molar-refractivity contribution in [3.63, 3.8) is 0 Å². The minimum absolute atomic E-state index is 0. The van der Waals surface area contributed by atoms with Crippen molar-refractivity contribution in [3.05, 3.63) is 59.5 Å². The normalized spacial score (nSPS) is 15.3. The third-order valence-corrected chi connectivity index (χ3v) is 5.69. The summed E-state index contributed by atoms with van der Waals surface area (Å²) in [5, 5.41) is 6.70. The van der Waals surface area contributed by atoms with E-state index in [0.717, 1.165) is 57.4 Å². The number of guanidine groups is 1. The molecule has 0 aliphatic carbocycles. The highest BCUT2D eigenvalue weighted by molar-refractivity contribution is 14.0. The fraction of sp³-hybridized carbons (Fsp3) is 0.560. The maximum absolute atomic E-state index is 5.63. The van der Waals surface area contributed by atoms with E-state index >= 15 is 0 Å². The zero-order chi connectivity index (χ0) is 22.4. The van der Waals surface area contributed by atoms with Crippen LogP contribution in [0.5, 0.6) is 0 Å². The first-order chi connectivity index (χ1) is 15.8. The SMILES string of the molecule is CCNC(=NCc1ccc(CN2CCN(CC)CC2)cc1)NCCCOCc1ccco1.I. The average molecular weight is 570 g/mol. The van der Waals surface area contributed by atoms with E-state index in [9.17, 15) is 0 Å². The lowest BCUT2D eigenvalue weighted by molar-refractivity contribution is 0.105. The van der Waals surface area contributed by atoms with Crippen molar-refractivity contribution in [1.29, 1.82) is 0 Å². The lowest BCUT2D eigenvalue weighted by Crippen LogP contribution is -2.45. The molecule has 1 aromatic heterocycles. The summed E-state index contributed by atoms with van der Waals surface area (Å²) in [7, 11) is 0. The van der Waals surface area contributed by atoms with E-state index in [-0.39, 0.29) is 24.0 Å². The van der Waals surface area contributed by atoms with E-state index in [2.05, 4.69) is 58.5 Å². The molecule has 0 spiro atoms. The Morgan fingerprint density at radius 1 is 1.00 bits per heavy atom. The van der Waals surface area contributed by atoms with Gasteiger partial charge in [-0.3, -0.25) is 4.90 Å². The lowest BCUT2D eigenvalue weighted by atomic mass is 10.1. The molecule has 0 amide bonds. The molecular formula is C25H40IN5O2. The number of rotatable bonds is 12. The number of piperazine rings is 1. The molecule has 1 saturated heterocycles. The molecule has 0 bridgehead atoms. The summed E-state index contributed by atoms with van der Waals surface area (Å²) in [6.07, 6.45) is 2.58. The van der Waals surface area contributed by atoms with E-state index in [1.54, 1.807) is 6.26 Å². The Morgan fingerprint density at radius 3 is 2.39 bits per heavy atom. The summed E-state index contributed by atoms with van der Waals surface area (Å²) in [6, 6.07) is 12.7. The van der Waals surface area contributed by atoms with Crippen LogP contribution in [-0.4, -0.2) is 68.2 Å². The van der Waals surface area contributed by atoms with Crippen LogP contribution in [0.4, 0.5) is 0 Å². The molecule has 184 valence electrons. The van der Waals surface area contributed by atoms with Gasteiger partial charge >= 0.3 is 0 Å². The van der Waals surface area contributed by atoms with Gasteiger partial charge in [0.05, 0.1) is 12.8 Å². The molecule has 1 aliphatic rings. The van der Waals surface area contributed by atoms with Gasteiger partial charge in [-0.2, -0.15) is 0 Å². The van der Waals surface area contributed by atoms with E-state index in [0.29, 0.717) is 19.8 Å². The highest BCUT2D eigenvalue weighted by Crippen LogP contribution is 2.11. The smallest absolute Gasteiger partial charge is 0.191 e. The number of nitrogens with one attached hydrogen (secondary N) is 2. The predicted octanol–water partition coefficient (Wildman–Crippen LogP) is 3.70. The number of benzene rings is 1. The van der Waals surface area contributed by atoms with E-state index in [4.69, 9.17) is 14.1 Å². The predicted molar refractivity (Wildman–Crippen MR) is 145 cm³/mol. The van der Waals surface area contributed by atoms with Crippen LogP contribution in [0.15, 0.2) is 52.1 Å². The van der Waals surface area contributed by atoms with E-state index < -0.39 is 0 Å². The molecule has 2 aromatic rings. The van der Waals surface area contributed by atoms with Gasteiger partial charge in [-0.1, -0.05) is 31.2 Å². The Labute approximate surface area is 216 Å². The highest BCUT2D eigenvalue weighted by atomic mass is 127. The van der Waals surface area contributed by atoms with Crippen LogP contribution in [0.2, 0.25) is 0 Å². The molecule has 0 unspecified atom stereocenters. The van der Waals surface area contributed by atoms with Crippen LogP contribution in [0.25, 0.3) is 0 Å². The van der Waals surface area contributed by atoms with Crippen molar-refractivity contribution >= 4 is 29.9 Å². The summed E-state index contributed by atoms with van der Waals surface area (Å²) in [5.74, 6) is 1.70. The van der Waals surface area contributed by atoms with Gasteiger partial charge in [-0.15, -0.1) is 24.0 Å². The Balaban J connectivity index is 0.00000385. The Hall–Kier alpha value is -1.62. The van der Waals surface area contributed by atoms with Crippen LogP contribution < -0.4 is 10.6 Å². The van der Waals surface area contributed by atoms with Crippen LogP contribution in [0.1, 0.15) is 37.2 Å². The summed E-state index contributed by atoms with van der Waals surface area (Å²) >= 11 is 0. The van der Waals surface area contributed by atoms with Gasteiger partial charge in [0.15, 0.2) is 5.96 Å². The molecule has 1 aromatic carbocycles. The van der Waals surface area contributed by atoms with Gasteiger partial charge in [-0.05, 0) is 43.1 Å². The summed E-state index contributed by atoms with van der Waals surface area (Å²) < 4.78 is 10.9. The molecular weight excluding hydrogens is 529 g/mol. The first-order valence-corrected chi connectivity index (χ1v) is 11.9. The molecule has 0 atom stereocenters. The van der Waals surface area contributed by atoms with Crippen molar-refractivity contribution in [3.8, 4) is 0 Å². The maximum Gasteiger partial charge on any atom is 0.191 e. The number of ether oxygens (including phenoxy) is 1. The van der Waals surface area contributed by atoms with Gasteiger partial charge in [0, 0.05) is 52.4 Å². The summed E-state index contributed by atoms with van der Waals surface area (Å²) in [6.45, 7) is 14.7. The number of hydrogen-bond donors (Lipinski definition) is 2. The van der Waals surface area contributed by atoms with Gasteiger partial charge in [0.25, 0.3) is 0 Å². The maximum atomic E-state index is 5.63. The molecule has 33 heavy (non-hydrogen) atoms. The van der Waals surface area contributed by atoms with Crippen LogP contribution in [0, 0.1) is 0 Å². The number of nitrogens with zero attached hydrogens (tertiary/aromatic N) is 3. The van der Waals surface area contributed by atoms with Crippen molar-refractivity contribution < 1.29 is 9.15 Å². The largest absolute Gasteiger partial charge is 0.467 e. The van der Waals surface area contributed by atoms with Crippen LogP contribution in [0.3, 0.4) is 0 Å². The zero-order valence-electron chi connectivity index (χ0n) is 20.1. The van der Waals surface area contributed by atoms with Crippen molar-refractivity contribution in [2.24, 2.45) is 4.99 Å². The molecule has 3 rings (SSSR count). The second-order valence-electron chi connectivity index (χ2n) is 8.13. The van der Waals surface area contributed by atoms with E-state index in [1.165, 1.54) is 24.2 Å². The molecule has 2 heterocycles. The zero-order valence-corrected chi connectivity index (χ0v) is 22.4. The lowest BCUT2D eigenvalue weighted by Gasteiger charge is -2.34. The number of aliphatic imine (C=N–C) groups is 1. The summed E-state index contributed by atoms with van der Waals surface area (Å²) in [4.78, 5) is 9.79. The topological polar surface area (TPSA) is 65.3 Å².